The lowest BCUT2D eigenvalue weighted by Gasteiger charge is -2.34. The fourth-order valence-electron chi connectivity index (χ4n) is 2.49. The third-order valence-corrected chi connectivity index (χ3v) is 5.50. The maximum atomic E-state index is 12.7. The van der Waals surface area contributed by atoms with Gasteiger partial charge in [-0.15, -0.1) is 0 Å². The Morgan fingerprint density at radius 2 is 2.04 bits per heavy atom. The van der Waals surface area contributed by atoms with E-state index < -0.39 is 33.8 Å². The molecule has 10 heteroatoms. The summed E-state index contributed by atoms with van der Waals surface area (Å²) in [6, 6.07) is 0.601. The number of nitrogens with one attached hydrogen (secondary N) is 1. The largest absolute Gasteiger partial charge is 0.433 e. The first-order valence-corrected chi connectivity index (χ1v) is 8.80. The molecular formula is C14H18F3N3O3S. The summed E-state index contributed by atoms with van der Waals surface area (Å²) in [6.45, 7) is 3.92. The summed E-state index contributed by atoms with van der Waals surface area (Å²) in [5, 5.41) is 2.61. The molecule has 2 rings (SSSR count). The van der Waals surface area contributed by atoms with Crippen LogP contribution in [0.3, 0.4) is 0 Å². The molecule has 1 fully saturated rings. The summed E-state index contributed by atoms with van der Waals surface area (Å²) >= 11 is 0. The average molecular weight is 365 g/mol. The molecule has 134 valence electrons. The van der Waals surface area contributed by atoms with Crippen molar-refractivity contribution in [2.75, 3.05) is 13.1 Å². The average Bonchev–Trinajstić information content (AvgIpc) is 2.48. The Balaban J connectivity index is 2.35. The minimum Gasteiger partial charge on any atom is -0.353 e. The van der Waals surface area contributed by atoms with Crippen LogP contribution in [0.5, 0.6) is 0 Å². The lowest BCUT2D eigenvalue weighted by Crippen LogP contribution is -2.57. The van der Waals surface area contributed by atoms with E-state index in [9.17, 15) is 26.4 Å². The third kappa shape index (κ3) is 3.86. The second-order valence-electron chi connectivity index (χ2n) is 5.93. The van der Waals surface area contributed by atoms with Crippen molar-refractivity contribution in [3.63, 3.8) is 0 Å². The van der Waals surface area contributed by atoms with Crippen LogP contribution < -0.4 is 5.32 Å². The molecule has 1 N–H and O–H groups in total. The normalized spacial score (nSPS) is 20.2. The van der Waals surface area contributed by atoms with Crippen molar-refractivity contribution >= 4 is 15.9 Å². The third-order valence-electron chi connectivity index (χ3n) is 3.61. The smallest absolute Gasteiger partial charge is 0.353 e. The topological polar surface area (TPSA) is 79.4 Å². The van der Waals surface area contributed by atoms with E-state index >= 15 is 0 Å². The second kappa shape index (κ2) is 6.67. The number of hydrogen-bond donors (Lipinski definition) is 1. The Morgan fingerprint density at radius 3 is 2.54 bits per heavy atom. The number of sulfonamides is 1. The quantitative estimate of drug-likeness (QED) is 0.880. The van der Waals surface area contributed by atoms with Gasteiger partial charge in [-0.05, 0) is 24.5 Å². The molecule has 6 nitrogen and oxygen atoms in total. The van der Waals surface area contributed by atoms with Gasteiger partial charge >= 0.3 is 6.18 Å². The molecule has 0 spiro atoms. The minimum atomic E-state index is -4.65. The van der Waals surface area contributed by atoms with Crippen molar-refractivity contribution in [3.8, 4) is 0 Å². The van der Waals surface area contributed by atoms with Crippen molar-refractivity contribution in [3.05, 3.63) is 24.0 Å². The summed E-state index contributed by atoms with van der Waals surface area (Å²) in [6.07, 6.45) is -3.65. The van der Waals surface area contributed by atoms with E-state index in [4.69, 9.17) is 0 Å². The van der Waals surface area contributed by atoms with Gasteiger partial charge < -0.3 is 5.32 Å². The molecular weight excluding hydrogens is 347 g/mol. The SMILES string of the molecule is CC(C)C[C@@H]1C(=O)NCCN1S(=O)(=O)c1ccc(C(F)(F)F)nc1. The molecule has 0 aliphatic carbocycles. The summed E-state index contributed by atoms with van der Waals surface area (Å²) in [7, 11) is -4.11. The number of carbonyl (C=O) groups is 1. The van der Waals surface area contributed by atoms with Crippen LogP contribution in [-0.4, -0.2) is 42.7 Å². The number of aromatic nitrogens is 1. The zero-order valence-electron chi connectivity index (χ0n) is 13.2. The van der Waals surface area contributed by atoms with Gasteiger partial charge in [-0.3, -0.25) is 9.78 Å². The fraction of sp³-hybridized carbons (Fsp3) is 0.571. The van der Waals surface area contributed by atoms with Crippen LogP contribution in [0.15, 0.2) is 23.2 Å². The molecule has 0 bridgehead atoms. The lowest BCUT2D eigenvalue weighted by molar-refractivity contribution is -0.141. The van der Waals surface area contributed by atoms with Gasteiger partial charge in [0.15, 0.2) is 0 Å². The second-order valence-corrected chi connectivity index (χ2v) is 7.82. The first-order valence-electron chi connectivity index (χ1n) is 7.36. The van der Waals surface area contributed by atoms with Crippen molar-refractivity contribution in [1.29, 1.82) is 0 Å². The van der Waals surface area contributed by atoms with Gasteiger partial charge in [0.2, 0.25) is 15.9 Å². The van der Waals surface area contributed by atoms with E-state index in [-0.39, 0.29) is 23.9 Å². The van der Waals surface area contributed by atoms with E-state index in [2.05, 4.69) is 10.3 Å². The lowest BCUT2D eigenvalue weighted by atomic mass is 10.0. The van der Waals surface area contributed by atoms with Crippen LogP contribution in [0.1, 0.15) is 26.0 Å². The number of amides is 1. The molecule has 0 radical (unpaired) electrons. The predicted octanol–water partition coefficient (Wildman–Crippen LogP) is 1.64. The number of halogens is 3. The first-order chi connectivity index (χ1) is 11.0. The van der Waals surface area contributed by atoms with E-state index in [0.717, 1.165) is 10.4 Å². The molecule has 2 heterocycles. The maximum absolute atomic E-state index is 12.7. The molecule has 0 unspecified atom stereocenters. The molecule has 0 saturated carbocycles. The Morgan fingerprint density at radius 1 is 1.38 bits per heavy atom. The number of hydrogen-bond acceptors (Lipinski definition) is 4. The van der Waals surface area contributed by atoms with Crippen molar-refractivity contribution < 1.29 is 26.4 Å². The molecule has 1 amide bonds. The summed E-state index contributed by atoms with van der Waals surface area (Å²) in [5.74, 6) is -0.333. The van der Waals surface area contributed by atoms with Crippen molar-refractivity contribution in [1.82, 2.24) is 14.6 Å². The van der Waals surface area contributed by atoms with Gasteiger partial charge in [0, 0.05) is 19.3 Å². The monoisotopic (exact) mass is 365 g/mol. The zero-order chi connectivity index (χ0) is 18.1. The van der Waals surface area contributed by atoms with Crippen LogP contribution in [0, 0.1) is 5.92 Å². The first kappa shape index (κ1) is 18.7. The van der Waals surface area contributed by atoms with Crippen LogP contribution >= 0.6 is 0 Å². The van der Waals surface area contributed by atoms with Gasteiger partial charge in [-0.1, -0.05) is 13.8 Å². The number of carbonyl (C=O) groups excluding carboxylic acids is 1. The van der Waals surface area contributed by atoms with E-state index in [1.54, 1.807) is 0 Å². The van der Waals surface area contributed by atoms with Crippen LogP contribution in [0.25, 0.3) is 0 Å². The highest BCUT2D eigenvalue weighted by atomic mass is 32.2. The van der Waals surface area contributed by atoms with E-state index in [1.807, 2.05) is 13.8 Å². The zero-order valence-corrected chi connectivity index (χ0v) is 14.0. The fourth-order valence-corrected chi connectivity index (χ4v) is 4.03. The summed E-state index contributed by atoms with van der Waals surface area (Å²) in [4.78, 5) is 14.8. The molecule has 1 atom stereocenters. The molecule has 24 heavy (non-hydrogen) atoms. The Labute approximate surface area is 138 Å². The molecule has 1 aliphatic heterocycles. The number of nitrogens with zero attached hydrogens (tertiary/aromatic N) is 2. The highest BCUT2D eigenvalue weighted by Gasteiger charge is 2.39. The summed E-state index contributed by atoms with van der Waals surface area (Å²) < 4.78 is 64.1. The number of pyridine rings is 1. The van der Waals surface area contributed by atoms with E-state index in [1.165, 1.54) is 0 Å². The summed E-state index contributed by atoms with van der Waals surface area (Å²) in [5.41, 5.74) is -1.17. The minimum absolute atomic E-state index is 0.0620. The molecule has 1 aliphatic rings. The maximum Gasteiger partial charge on any atom is 0.433 e. The number of piperazine rings is 1. The molecule has 0 aromatic carbocycles. The van der Waals surface area contributed by atoms with Crippen LogP contribution in [0.4, 0.5) is 13.2 Å². The van der Waals surface area contributed by atoms with Gasteiger partial charge in [0.05, 0.1) is 0 Å². The predicted molar refractivity (Wildman–Crippen MR) is 79.4 cm³/mol. The van der Waals surface area contributed by atoms with Crippen LogP contribution in [-0.2, 0) is 21.0 Å². The van der Waals surface area contributed by atoms with Gasteiger partial charge in [-0.25, -0.2) is 8.42 Å². The van der Waals surface area contributed by atoms with Gasteiger partial charge in [0.25, 0.3) is 0 Å². The van der Waals surface area contributed by atoms with Gasteiger partial charge in [-0.2, -0.15) is 17.5 Å². The van der Waals surface area contributed by atoms with Crippen LogP contribution in [0.2, 0.25) is 0 Å². The molecule has 1 saturated heterocycles. The standard InChI is InChI=1S/C14H18F3N3O3S/c1-9(2)7-11-13(21)18-5-6-20(11)24(22,23)10-3-4-12(19-8-10)14(15,16)17/h3-4,8-9,11H,5-7H2,1-2H3,(H,18,21)/t11-/m1/s1. The molecule has 1 aromatic rings. The number of rotatable bonds is 4. The number of alkyl halides is 3. The highest BCUT2D eigenvalue weighted by Crippen LogP contribution is 2.29. The Bertz CT molecular complexity index is 702. The Hall–Kier alpha value is -1.68. The highest BCUT2D eigenvalue weighted by molar-refractivity contribution is 7.89. The Kier molecular flexibility index (Phi) is 5.19. The van der Waals surface area contributed by atoms with Crippen molar-refractivity contribution in [2.45, 2.75) is 37.4 Å². The van der Waals surface area contributed by atoms with Crippen molar-refractivity contribution in [2.24, 2.45) is 5.92 Å². The molecule has 1 aromatic heterocycles. The van der Waals surface area contributed by atoms with Gasteiger partial charge in [0.1, 0.15) is 16.6 Å². The van der Waals surface area contributed by atoms with E-state index in [0.29, 0.717) is 18.7 Å².